The fourth-order valence-corrected chi connectivity index (χ4v) is 1.79. The smallest absolute Gasteiger partial charge is 0.188 e. The molecule has 72 valence electrons. The highest BCUT2D eigenvalue weighted by Crippen LogP contribution is 2.15. The lowest BCUT2D eigenvalue weighted by atomic mass is 10.4. The molecule has 0 unspecified atom stereocenters. The van der Waals surface area contributed by atoms with Gasteiger partial charge < -0.3 is 11.1 Å². The summed E-state index contributed by atoms with van der Waals surface area (Å²) in [6, 6.07) is 4.18. The summed E-state index contributed by atoms with van der Waals surface area (Å²) in [7, 11) is 0. The van der Waals surface area contributed by atoms with Gasteiger partial charge >= 0.3 is 0 Å². The summed E-state index contributed by atoms with van der Waals surface area (Å²) in [5.74, 6) is 0.522. The highest BCUT2D eigenvalue weighted by atomic mass is 32.1. The molecule has 0 aliphatic heterocycles. The summed E-state index contributed by atoms with van der Waals surface area (Å²) in [6.45, 7) is 5.58. The van der Waals surface area contributed by atoms with Gasteiger partial charge in [0.25, 0.3) is 0 Å². The van der Waals surface area contributed by atoms with Crippen LogP contribution in [0.3, 0.4) is 0 Å². The number of aryl methyl sites for hydroxylation is 1. The predicted molar refractivity (Wildman–Crippen MR) is 58.1 cm³/mol. The first-order chi connectivity index (χ1) is 6.22. The average Bonchev–Trinajstić information content (AvgIpc) is 2.49. The lowest BCUT2D eigenvalue weighted by Crippen LogP contribution is -2.31. The van der Waals surface area contributed by atoms with E-state index in [0.29, 0.717) is 12.5 Å². The van der Waals surface area contributed by atoms with E-state index in [4.69, 9.17) is 5.73 Å². The standard InChI is InChI=1S/C9H15N3S/c1-3-11-9(10)12-6-8-5-4-7(2)13-8/h4-5H,3,6H2,1-2H3,(H3,10,11,12). The number of hydrogen-bond donors (Lipinski definition) is 2. The van der Waals surface area contributed by atoms with Crippen molar-refractivity contribution in [1.82, 2.24) is 5.32 Å². The maximum Gasteiger partial charge on any atom is 0.188 e. The number of nitrogens with zero attached hydrogens (tertiary/aromatic N) is 1. The molecule has 0 radical (unpaired) electrons. The third kappa shape index (κ3) is 3.46. The van der Waals surface area contributed by atoms with Gasteiger partial charge in [0.05, 0.1) is 6.54 Å². The predicted octanol–water partition coefficient (Wildman–Crippen LogP) is 1.48. The van der Waals surface area contributed by atoms with Gasteiger partial charge in [0.1, 0.15) is 0 Å². The van der Waals surface area contributed by atoms with E-state index < -0.39 is 0 Å². The maximum atomic E-state index is 5.58. The lowest BCUT2D eigenvalue weighted by Gasteiger charge is -1.99. The van der Waals surface area contributed by atoms with Gasteiger partial charge in [0.2, 0.25) is 0 Å². The van der Waals surface area contributed by atoms with E-state index in [-0.39, 0.29) is 0 Å². The molecule has 0 bridgehead atoms. The summed E-state index contributed by atoms with van der Waals surface area (Å²) in [6.07, 6.45) is 0. The number of thiophene rings is 1. The van der Waals surface area contributed by atoms with Gasteiger partial charge in [-0.2, -0.15) is 0 Å². The Labute approximate surface area is 82.7 Å². The minimum atomic E-state index is 0.522. The summed E-state index contributed by atoms with van der Waals surface area (Å²) < 4.78 is 0. The number of rotatable bonds is 3. The van der Waals surface area contributed by atoms with Gasteiger partial charge in [-0.3, -0.25) is 0 Å². The zero-order valence-corrected chi connectivity index (χ0v) is 8.82. The number of nitrogens with two attached hydrogens (primary N) is 1. The fourth-order valence-electron chi connectivity index (χ4n) is 0.970. The zero-order chi connectivity index (χ0) is 9.68. The van der Waals surface area contributed by atoms with E-state index >= 15 is 0 Å². The monoisotopic (exact) mass is 197 g/mol. The molecule has 0 aliphatic rings. The molecule has 1 rings (SSSR count). The van der Waals surface area contributed by atoms with Crippen molar-refractivity contribution in [2.45, 2.75) is 20.4 Å². The van der Waals surface area contributed by atoms with Crippen LogP contribution in [-0.4, -0.2) is 12.5 Å². The van der Waals surface area contributed by atoms with Crippen molar-refractivity contribution < 1.29 is 0 Å². The van der Waals surface area contributed by atoms with Crippen molar-refractivity contribution in [3.8, 4) is 0 Å². The Bertz CT molecular complexity index is 291. The third-order valence-corrected chi connectivity index (χ3v) is 2.54. The Balaban J connectivity index is 2.46. The molecule has 3 nitrogen and oxygen atoms in total. The minimum absolute atomic E-state index is 0.522. The van der Waals surface area contributed by atoms with E-state index in [1.807, 2.05) is 6.92 Å². The molecule has 4 heteroatoms. The SMILES string of the molecule is CCNC(N)=NCc1ccc(C)s1. The molecule has 0 atom stereocenters. The Morgan fingerprint density at radius 2 is 2.38 bits per heavy atom. The molecule has 0 aliphatic carbocycles. The number of aliphatic imine (C=N–C) groups is 1. The average molecular weight is 197 g/mol. The number of guanidine groups is 1. The molecule has 1 aromatic heterocycles. The van der Waals surface area contributed by atoms with Crippen LogP contribution in [0.15, 0.2) is 17.1 Å². The first-order valence-electron chi connectivity index (χ1n) is 4.31. The first-order valence-corrected chi connectivity index (χ1v) is 5.13. The third-order valence-electron chi connectivity index (χ3n) is 1.56. The Kier molecular flexibility index (Phi) is 3.76. The van der Waals surface area contributed by atoms with Crippen molar-refractivity contribution >= 4 is 17.3 Å². The summed E-state index contributed by atoms with van der Waals surface area (Å²) >= 11 is 1.76. The van der Waals surface area contributed by atoms with E-state index in [0.717, 1.165) is 6.54 Å². The Morgan fingerprint density at radius 3 is 2.92 bits per heavy atom. The second-order valence-electron chi connectivity index (χ2n) is 2.74. The van der Waals surface area contributed by atoms with Crippen LogP contribution in [0.25, 0.3) is 0 Å². The van der Waals surface area contributed by atoms with Crippen molar-refractivity contribution in [1.29, 1.82) is 0 Å². The molecule has 1 heterocycles. The van der Waals surface area contributed by atoms with E-state index in [2.05, 4.69) is 29.4 Å². The van der Waals surface area contributed by atoms with Gasteiger partial charge in [-0.15, -0.1) is 11.3 Å². The zero-order valence-electron chi connectivity index (χ0n) is 8.00. The molecule has 0 amide bonds. The minimum Gasteiger partial charge on any atom is -0.370 e. The van der Waals surface area contributed by atoms with Crippen LogP contribution in [0.2, 0.25) is 0 Å². The van der Waals surface area contributed by atoms with Crippen LogP contribution in [0.4, 0.5) is 0 Å². The molecule has 0 saturated carbocycles. The van der Waals surface area contributed by atoms with Crippen LogP contribution in [-0.2, 0) is 6.54 Å². The molecular formula is C9H15N3S. The summed E-state index contributed by atoms with van der Waals surface area (Å²) in [5, 5.41) is 2.95. The number of hydrogen-bond acceptors (Lipinski definition) is 2. The molecule has 0 aromatic carbocycles. The normalized spacial score (nSPS) is 11.7. The van der Waals surface area contributed by atoms with Crippen LogP contribution in [0.5, 0.6) is 0 Å². The second kappa shape index (κ2) is 4.87. The van der Waals surface area contributed by atoms with Gasteiger partial charge in [-0.1, -0.05) is 0 Å². The van der Waals surface area contributed by atoms with Gasteiger partial charge in [-0.05, 0) is 26.0 Å². The lowest BCUT2D eigenvalue weighted by molar-refractivity contribution is 0.929. The Morgan fingerprint density at radius 1 is 1.62 bits per heavy atom. The van der Waals surface area contributed by atoms with Crippen molar-refractivity contribution in [3.63, 3.8) is 0 Å². The molecule has 13 heavy (non-hydrogen) atoms. The molecule has 0 fully saturated rings. The maximum absolute atomic E-state index is 5.58. The topological polar surface area (TPSA) is 50.4 Å². The second-order valence-corrected chi connectivity index (χ2v) is 4.12. The summed E-state index contributed by atoms with van der Waals surface area (Å²) in [4.78, 5) is 6.75. The molecule has 0 saturated heterocycles. The highest BCUT2D eigenvalue weighted by Gasteiger charge is 1.95. The Hall–Kier alpha value is -1.03. The fraction of sp³-hybridized carbons (Fsp3) is 0.444. The molecule has 3 N–H and O–H groups in total. The van der Waals surface area contributed by atoms with Crippen LogP contribution >= 0.6 is 11.3 Å². The van der Waals surface area contributed by atoms with Gasteiger partial charge in [-0.25, -0.2) is 4.99 Å². The molecule has 1 aromatic rings. The first kappa shape index (κ1) is 10.1. The van der Waals surface area contributed by atoms with E-state index in [1.165, 1.54) is 9.75 Å². The quantitative estimate of drug-likeness (QED) is 0.569. The van der Waals surface area contributed by atoms with Crippen molar-refractivity contribution in [3.05, 3.63) is 21.9 Å². The van der Waals surface area contributed by atoms with Gasteiger partial charge in [0.15, 0.2) is 5.96 Å². The van der Waals surface area contributed by atoms with Crippen LogP contribution in [0, 0.1) is 6.92 Å². The van der Waals surface area contributed by atoms with E-state index in [1.54, 1.807) is 11.3 Å². The van der Waals surface area contributed by atoms with Crippen molar-refractivity contribution in [2.24, 2.45) is 10.7 Å². The number of nitrogens with one attached hydrogen (secondary N) is 1. The van der Waals surface area contributed by atoms with Crippen LogP contribution < -0.4 is 11.1 Å². The molecular weight excluding hydrogens is 182 g/mol. The van der Waals surface area contributed by atoms with E-state index in [9.17, 15) is 0 Å². The van der Waals surface area contributed by atoms with Gasteiger partial charge in [0, 0.05) is 16.3 Å². The highest BCUT2D eigenvalue weighted by molar-refractivity contribution is 7.11. The summed E-state index contributed by atoms with van der Waals surface area (Å²) in [5.41, 5.74) is 5.58. The largest absolute Gasteiger partial charge is 0.370 e. The molecule has 0 spiro atoms. The van der Waals surface area contributed by atoms with Crippen molar-refractivity contribution in [2.75, 3.05) is 6.54 Å². The van der Waals surface area contributed by atoms with Crippen LogP contribution in [0.1, 0.15) is 16.7 Å².